The van der Waals surface area contributed by atoms with Gasteiger partial charge in [0.25, 0.3) is 0 Å². The molecule has 2 aromatic carbocycles. The van der Waals surface area contributed by atoms with Gasteiger partial charge in [-0.25, -0.2) is 35.1 Å². The van der Waals surface area contributed by atoms with Crippen molar-refractivity contribution in [3.8, 4) is 0 Å². The van der Waals surface area contributed by atoms with Gasteiger partial charge in [0.05, 0.1) is 22.5 Å². The Morgan fingerprint density at radius 2 is 0.763 bits per heavy atom. The molecule has 13 heteroatoms. The van der Waals surface area contributed by atoms with Gasteiger partial charge >= 0.3 is 16.8 Å². The molecule has 4 heterocycles. The average Bonchev–Trinajstić information content (AvgIpc) is 3.83. The van der Waals surface area contributed by atoms with E-state index in [0.717, 1.165) is 44.5 Å². The Hall–Kier alpha value is -4.75. The van der Waals surface area contributed by atoms with Gasteiger partial charge in [-0.05, 0) is 101 Å². The Kier molecular flexibility index (Phi) is 14.5. The number of nitrogens with zero attached hydrogens (tertiary/aromatic N) is 4. The molecule has 0 atom stereocenters. The molecule has 0 bridgehead atoms. The van der Waals surface area contributed by atoms with Crippen LogP contribution in [0.5, 0.6) is 0 Å². The normalized spacial score (nSPS) is 15.7. The zero-order valence-corrected chi connectivity index (χ0v) is 36.2. The van der Waals surface area contributed by atoms with E-state index in [1.807, 2.05) is 27.7 Å². The molecule has 0 saturated heterocycles. The van der Waals surface area contributed by atoms with Crippen molar-refractivity contribution in [3.05, 3.63) is 149 Å². The van der Waals surface area contributed by atoms with Crippen LogP contribution in [-0.2, 0) is 29.6 Å². The number of allylic oxidation sites excluding steroid dienone is 4. The van der Waals surface area contributed by atoms with Crippen molar-refractivity contribution in [1.29, 1.82) is 0 Å². The molecule has 2 aliphatic rings. The molecule has 0 unspecified atom stereocenters. The van der Waals surface area contributed by atoms with E-state index in [-0.39, 0.29) is 40.1 Å². The molecule has 1 radical (unpaired) electrons. The van der Waals surface area contributed by atoms with Gasteiger partial charge in [-0.2, -0.15) is 11.4 Å². The molecule has 2 aromatic heterocycles. The zero-order valence-electron chi connectivity index (χ0n) is 35.1. The monoisotopic (exact) mass is 865 g/mol. The number of halogens is 8. The number of benzene rings is 2. The van der Waals surface area contributed by atoms with Gasteiger partial charge < -0.3 is 9.97 Å². The largest absolute Gasteiger partial charge is 2.00 e. The number of hydrogen-bond acceptors (Lipinski definition) is 2. The molecule has 4 nitrogen and oxygen atoms in total. The van der Waals surface area contributed by atoms with Gasteiger partial charge in [-0.3, -0.25) is 9.98 Å². The fraction of sp³-hybridized carbons (Fsp3) is 0.348. The van der Waals surface area contributed by atoms with Crippen molar-refractivity contribution in [1.82, 2.24) is 9.97 Å². The van der Waals surface area contributed by atoms with Crippen LogP contribution in [0, 0.1) is 74.2 Å². The fourth-order valence-corrected chi connectivity index (χ4v) is 8.27. The maximum Gasteiger partial charge on any atom is 2.00 e. The summed E-state index contributed by atoms with van der Waals surface area (Å²) in [6.07, 6.45) is 2.69. The molecular weight excluding hydrogens is 819 g/mol. The number of rotatable bonds is 8. The van der Waals surface area contributed by atoms with Crippen LogP contribution in [0.15, 0.2) is 55.8 Å². The molecule has 315 valence electrons. The summed E-state index contributed by atoms with van der Waals surface area (Å²) in [5, 5.41) is 0. The van der Waals surface area contributed by atoms with Gasteiger partial charge in [0, 0.05) is 23.6 Å². The molecule has 0 N–H and O–H groups in total. The molecule has 2 aliphatic heterocycles. The van der Waals surface area contributed by atoms with Crippen molar-refractivity contribution in [3.63, 3.8) is 0 Å². The Labute approximate surface area is 350 Å². The summed E-state index contributed by atoms with van der Waals surface area (Å²) < 4.78 is 116. The topological polar surface area (TPSA) is 52.9 Å². The van der Waals surface area contributed by atoms with Gasteiger partial charge in [0.2, 0.25) is 0 Å². The molecule has 0 amide bonds. The molecule has 0 spiro atoms. The van der Waals surface area contributed by atoms with Crippen molar-refractivity contribution < 1.29 is 51.9 Å². The first-order chi connectivity index (χ1) is 27.3. The molecule has 4 aromatic rings. The minimum Gasteiger partial charge on any atom is -0.660 e. The molecule has 59 heavy (non-hydrogen) atoms. The summed E-state index contributed by atoms with van der Waals surface area (Å²) >= 11 is 0. The van der Waals surface area contributed by atoms with Gasteiger partial charge in [0.15, 0.2) is 46.5 Å². The Balaban J connectivity index is 0.000000256. The predicted molar refractivity (Wildman–Crippen MR) is 214 cm³/mol. The van der Waals surface area contributed by atoms with E-state index in [1.165, 1.54) is 0 Å². The summed E-state index contributed by atoms with van der Waals surface area (Å²) in [5.41, 5.74) is 9.12. The van der Waals surface area contributed by atoms with Crippen LogP contribution >= 0.6 is 0 Å². The maximum absolute atomic E-state index is 14.8. The first kappa shape index (κ1) is 46.9. The molecule has 0 aliphatic carbocycles. The number of hydrogen-bond donors (Lipinski definition) is 0. The third kappa shape index (κ3) is 8.12. The van der Waals surface area contributed by atoms with E-state index in [9.17, 15) is 35.1 Å². The zero-order chi connectivity index (χ0) is 43.2. The van der Waals surface area contributed by atoms with E-state index in [1.54, 1.807) is 55.4 Å². The second-order valence-electron chi connectivity index (χ2n) is 14.4. The summed E-state index contributed by atoms with van der Waals surface area (Å²) in [6, 6.07) is 0.432. The van der Waals surface area contributed by atoms with Crippen LogP contribution in [-0.4, -0.2) is 11.4 Å². The van der Waals surface area contributed by atoms with Crippen LogP contribution in [0.25, 0.3) is 11.1 Å². The fourth-order valence-electron chi connectivity index (χ4n) is 8.27. The first-order valence-corrected chi connectivity index (χ1v) is 19.2. The number of aliphatic imine (C=N–C) groups is 2. The molecule has 6 rings (SSSR count). The third-order valence-corrected chi connectivity index (χ3v) is 11.2. The molecular formula is C46H46CoF8N4. The number of aromatic nitrogens is 2. The van der Waals surface area contributed by atoms with Crippen molar-refractivity contribution in [2.24, 2.45) is 9.98 Å². The van der Waals surface area contributed by atoms with E-state index >= 15 is 0 Å². The van der Waals surface area contributed by atoms with Gasteiger partial charge in [0.1, 0.15) is 0 Å². The molecule has 0 saturated carbocycles. The average molecular weight is 866 g/mol. The molecule has 0 fully saturated rings. The first-order valence-electron chi connectivity index (χ1n) is 19.2. The second kappa shape index (κ2) is 18.2. The Morgan fingerprint density at radius 3 is 0.983 bits per heavy atom. The predicted octanol–water partition coefficient (Wildman–Crippen LogP) is 12.7. The summed E-state index contributed by atoms with van der Waals surface area (Å²) in [4.78, 5) is 18.1. The van der Waals surface area contributed by atoms with Crippen molar-refractivity contribution >= 4 is 22.6 Å². The minimum absolute atomic E-state index is 0. The van der Waals surface area contributed by atoms with Gasteiger partial charge in [-0.1, -0.05) is 63.8 Å². The van der Waals surface area contributed by atoms with Crippen LogP contribution in [0.3, 0.4) is 0 Å². The Morgan fingerprint density at radius 1 is 0.475 bits per heavy atom. The second-order valence-corrected chi connectivity index (χ2v) is 14.4. The smallest absolute Gasteiger partial charge is 0.660 e. The van der Waals surface area contributed by atoms with Crippen LogP contribution in [0.2, 0.25) is 0 Å². The van der Waals surface area contributed by atoms with E-state index in [2.05, 4.69) is 20.0 Å². The summed E-state index contributed by atoms with van der Waals surface area (Å²) in [5.74, 6) is -11.6. The van der Waals surface area contributed by atoms with Crippen LogP contribution in [0.4, 0.5) is 35.1 Å². The van der Waals surface area contributed by atoms with Crippen molar-refractivity contribution in [2.75, 3.05) is 0 Å². The van der Waals surface area contributed by atoms with E-state index < -0.39 is 57.7 Å². The summed E-state index contributed by atoms with van der Waals surface area (Å²) in [7, 11) is 0. The third-order valence-electron chi connectivity index (χ3n) is 11.2. The van der Waals surface area contributed by atoms with Crippen LogP contribution in [0.1, 0.15) is 124 Å². The maximum atomic E-state index is 14.8. The van der Waals surface area contributed by atoms with E-state index in [0.29, 0.717) is 71.3 Å². The minimum atomic E-state index is -1.45. The standard InChI is InChI=1S/2C23H23F4N2.Co/c2*1-7-14-10(3)22(28-12(14)5)19(23-11(4)15(8-2)13(6)29-23)18-20(26)16(24)9-17(25)21(18)27;/h2*9H,7-8H2,1-6H3;/q2*-1;+2/b2*22-19-;. The van der Waals surface area contributed by atoms with Crippen LogP contribution < -0.4 is 9.97 Å². The SMILES string of the molecule is CCC1=C(C)/C(=C(/c2[n-]c(C)c(CC)c2C)c2c(F)c(F)cc(F)c2F)N=C1C.CCC1=C(C)/C(=C(/c2[n-]c(C)c(CC)c2C)c2c(F)c(F)cc(F)c2F)N=C1C.[Co+2]. The number of aryl methyl sites for hydroxylation is 2. The quantitative estimate of drug-likeness (QED) is 0.131. The van der Waals surface area contributed by atoms with Crippen molar-refractivity contribution in [2.45, 2.75) is 109 Å². The summed E-state index contributed by atoms with van der Waals surface area (Å²) in [6.45, 7) is 22.2. The van der Waals surface area contributed by atoms with E-state index in [4.69, 9.17) is 0 Å². The Bertz CT molecular complexity index is 2330. The van der Waals surface area contributed by atoms with Gasteiger partial charge in [-0.15, -0.1) is 11.4 Å².